The molecule has 1 amide bonds. The van der Waals surface area contributed by atoms with Crippen molar-refractivity contribution >= 4 is 11.7 Å². The van der Waals surface area contributed by atoms with E-state index in [0.29, 0.717) is 23.5 Å². The zero-order valence-corrected chi connectivity index (χ0v) is 16.6. The Morgan fingerprint density at radius 3 is 2.61 bits per heavy atom. The predicted octanol–water partition coefficient (Wildman–Crippen LogP) is 2.68. The number of likely N-dealkylation sites (tertiary alicyclic amines) is 1. The first-order valence-corrected chi connectivity index (χ1v) is 10.4. The molecule has 2 fully saturated rings. The smallest absolute Gasteiger partial charge is 0.292 e. The third-order valence-corrected chi connectivity index (χ3v) is 6.52. The number of aromatic nitrogens is 3. The number of amides is 1. The molecule has 2 aliphatic heterocycles. The van der Waals surface area contributed by atoms with Crippen molar-refractivity contribution in [2.75, 3.05) is 31.1 Å². The van der Waals surface area contributed by atoms with Crippen molar-refractivity contribution < 1.29 is 9.32 Å². The van der Waals surface area contributed by atoms with Crippen LogP contribution in [0.2, 0.25) is 0 Å². The Bertz CT molecular complexity index is 879. The van der Waals surface area contributed by atoms with Gasteiger partial charge < -0.3 is 14.3 Å². The van der Waals surface area contributed by atoms with E-state index in [-0.39, 0.29) is 5.91 Å². The zero-order valence-electron chi connectivity index (χ0n) is 16.6. The topological polar surface area (TPSA) is 75.4 Å². The van der Waals surface area contributed by atoms with Gasteiger partial charge in [0.2, 0.25) is 5.76 Å². The first-order chi connectivity index (χ1) is 13.6. The molecule has 7 nitrogen and oxygen atoms in total. The number of anilines is 1. The minimum absolute atomic E-state index is 0.0285. The second-order valence-corrected chi connectivity index (χ2v) is 8.74. The van der Waals surface area contributed by atoms with Gasteiger partial charge in [-0.15, -0.1) is 0 Å². The average molecular weight is 381 g/mol. The van der Waals surface area contributed by atoms with Crippen LogP contribution >= 0.6 is 0 Å². The van der Waals surface area contributed by atoms with Gasteiger partial charge in [0.05, 0.1) is 5.69 Å². The van der Waals surface area contributed by atoms with E-state index in [0.717, 1.165) is 74.6 Å². The van der Waals surface area contributed by atoms with E-state index >= 15 is 0 Å². The average Bonchev–Trinajstić information content (AvgIpc) is 3.40. The molecule has 1 aliphatic carbocycles. The van der Waals surface area contributed by atoms with Crippen LogP contribution < -0.4 is 4.90 Å². The van der Waals surface area contributed by atoms with Crippen molar-refractivity contribution in [3.05, 3.63) is 35.1 Å². The fourth-order valence-corrected chi connectivity index (χ4v) is 4.90. The summed E-state index contributed by atoms with van der Waals surface area (Å²) in [7, 11) is 0. The lowest BCUT2D eigenvalue weighted by Gasteiger charge is -2.22. The summed E-state index contributed by atoms with van der Waals surface area (Å²) < 4.78 is 5.47. The van der Waals surface area contributed by atoms with Crippen LogP contribution in [0, 0.1) is 11.8 Å². The molecule has 148 valence electrons. The van der Waals surface area contributed by atoms with E-state index in [4.69, 9.17) is 4.52 Å². The predicted molar refractivity (Wildman–Crippen MR) is 104 cm³/mol. The summed E-state index contributed by atoms with van der Waals surface area (Å²) in [6.45, 7) is 7.76. The lowest BCUT2D eigenvalue weighted by Crippen LogP contribution is -2.34. The van der Waals surface area contributed by atoms with Crippen molar-refractivity contribution in [3.8, 4) is 0 Å². The van der Waals surface area contributed by atoms with Crippen molar-refractivity contribution in [2.45, 2.75) is 45.4 Å². The van der Waals surface area contributed by atoms with Crippen LogP contribution in [0.15, 0.2) is 16.9 Å². The molecule has 2 atom stereocenters. The molecule has 0 bridgehead atoms. The first kappa shape index (κ1) is 17.6. The molecular weight excluding hydrogens is 354 g/mol. The maximum Gasteiger partial charge on any atom is 0.292 e. The molecule has 0 radical (unpaired) electrons. The van der Waals surface area contributed by atoms with E-state index in [1.54, 1.807) is 6.33 Å². The highest BCUT2D eigenvalue weighted by Crippen LogP contribution is 2.35. The molecule has 4 heterocycles. The number of aryl methyl sites for hydroxylation is 1. The van der Waals surface area contributed by atoms with Gasteiger partial charge in [-0.3, -0.25) is 4.79 Å². The Kier molecular flexibility index (Phi) is 4.33. The van der Waals surface area contributed by atoms with Gasteiger partial charge in [-0.25, -0.2) is 9.97 Å². The number of carbonyl (C=O) groups excluding carboxylic acids is 1. The van der Waals surface area contributed by atoms with Gasteiger partial charge in [-0.2, -0.15) is 0 Å². The van der Waals surface area contributed by atoms with Crippen LogP contribution in [0.3, 0.4) is 0 Å². The summed E-state index contributed by atoms with van der Waals surface area (Å²) >= 11 is 0. The fourth-order valence-electron chi connectivity index (χ4n) is 4.90. The molecule has 5 rings (SSSR count). The van der Waals surface area contributed by atoms with Crippen LogP contribution in [0.25, 0.3) is 0 Å². The highest BCUT2D eigenvalue weighted by Gasteiger charge is 2.43. The molecule has 0 saturated carbocycles. The van der Waals surface area contributed by atoms with Crippen LogP contribution in [0.5, 0.6) is 0 Å². The van der Waals surface area contributed by atoms with Gasteiger partial charge in [0.25, 0.3) is 5.91 Å². The maximum absolute atomic E-state index is 13.0. The maximum atomic E-state index is 13.0. The Balaban J connectivity index is 1.27. The quantitative estimate of drug-likeness (QED) is 0.814. The van der Waals surface area contributed by atoms with E-state index < -0.39 is 0 Å². The number of hydrogen-bond donors (Lipinski definition) is 0. The van der Waals surface area contributed by atoms with Gasteiger partial charge in [-0.05, 0) is 31.6 Å². The van der Waals surface area contributed by atoms with Crippen LogP contribution in [-0.4, -0.2) is 52.1 Å². The van der Waals surface area contributed by atoms with Gasteiger partial charge in [0.1, 0.15) is 12.1 Å². The number of rotatable bonds is 3. The highest BCUT2D eigenvalue weighted by molar-refractivity contribution is 5.93. The van der Waals surface area contributed by atoms with Crippen LogP contribution in [0.4, 0.5) is 5.82 Å². The minimum atomic E-state index is 0.0285. The standard InChI is InChI=1S/C21H27N5O2/c1-13(2)18-7-19(23-12-22-18)25-8-14-10-26(11-15(14)9-25)21(27)20-16-5-3-4-6-17(16)24-28-20/h7,12-15H,3-6,8-11H2,1-2H3. The number of nitrogens with zero attached hydrogens (tertiary/aromatic N) is 5. The summed E-state index contributed by atoms with van der Waals surface area (Å²) in [6.07, 6.45) is 5.77. The Labute approximate surface area is 165 Å². The molecular formula is C21H27N5O2. The minimum Gasteiger partial charge on any atom is -0.356 e. The largest absolute Gasteiger partial charge is 0.356 e. The molecule has 7 heteroatoms. The molecule has 3 aliphatic rings. The lowest BCUT2D eigenvalue weighted by atomic mass is 9.96. The van der Waals surface area contributed by atoms with E-state index in [9.17, 15) is 4.79 Å². The normalized spacial score (nSPS) is 24.0. The Morgan fingerprint density at radius 1 is 1.11 bits per heavy atom. The van der Waals surface area contributed by atoms with Crippen LogP contribution in [0.1, 0.15) is 60.1 Å². The summed E-state index contributed by atoms with van der Waals surface area (Å²) in [6, 6.07) is 2.11. The third kappa shape index (κ3) is 2.97. The van der Waals surface area contributed by atoms with E-state index in [1.807, 2.05) is 4.90 Å². The van der Waals surface area contributed by atoms with Crippen molar-refractivity contribution in [1.82, 2.24) is 20.0 Å². The molecule has 0 spiro atoms. The van der Waals surface area contributed by atoms with Crippen molar-refractivity contribution in [3.63, 3.8) is 0 Å². The fraction of sp³-hybridized carbons (Fsp3) is 0.619. The highest BCUT2D eigenvalue weighted by atomic mass is 16.5. The molecule has 2 aromatic heterocycles. The molecule has 2 saturated heterocycles. The first-order valence-electron chi connectivity index (χ1n) is 10.4. The summed E-state index contributed by atoms with van der Waals surface area (Å²) in [4.78, 5) is 26.2. The van der Waals surface area contributed by atoms with Gasteiger partial charge >= 0.3 is 0 Å². The number of fused-ring (bicyclic) bond motifs is 2. The summed E-state index contributed by atoms with van der Waals surface area (Å²) in [5.41, 5.74) is 3.12. The summed E-state index contributed by atoms with van der Waals surface area (Å²) in [5, 5.41) is 4.15. The second-order valence-electron chi connectivity index (χ2n) is 8.74. The van der Waals surface area contributed by atoms with E-state index in [1.165, 1.54) is 0 Å². The van der Waals surface area contributed by atoms with Gasteiger partial charge in [0, 0.05) is 55.3 Å². The van der Waals surface area contributed by atoms with E-state index in [2.05, 4.69) is 39.9 Å². The number of hydrogen-bond acceptors (Lipinski definition) is 6. The van der Waals surface area contributed by atoms with Crippen molar-refractivity contribution in [1.29, 1.82) is 0 Å². The monoisotopic (exact) mass is 381 g/mol. The molecule has 0 aromatic carbocycles. The SMILES string of the molecule is CC(C)c1cc(N2CC3CN(C(=O)c4onc5c4CCCC5)CC3C2)ncn1. The van der Waals surface area contributed by atoms with Gasteiger partial charge in [-0.1, -0.05) is 19.0 Å². The Hall–Kier alpha value is -2.44. The molecule has 28 heavy (non-hydrogen) atoms. The number of carbonyl (C=O) groups is 1. The lowest BCUT2D eigenvalue weighted by molar-refractivity contribution is 0.0739. The molecule has 2 aromatic rings. The zero-order chi connectivity index (χ0) is 19.3. The molecule has 2 unspecified atom stereocenters. The Morgan fingerprint density at radius 2 is 1.86 bits per heavy atom. The summed E-state index contributed by atoms with van der Waals surface area (Å²) in [5.74, 6) is 2.89. The van der Waals surface area contributed by atoms with Crippen molar-refractivity contribution in [2.24, 2.45) is 11.8 Å². The molecule has 0 N–H and O–H groups in total. The van der Waals surface area contributed by atoms with Crippen LogP contribution in [-0.2, 0) is 12.8 Å². The third-order valence-electron chi connectivity index (χ3n) is 6.52. The van der Waals surface area contributed by atoms with Gasteiger partial charge in [0.15, 0.2) is 0 Å². The second kappa shape index (κ2) is 6.87.